The average molecular weight is 1050 g/mol. The molecule has 16 heteroatoms. The van der Waals surface area contributed by atoms with E-state index in [9.17, 15) is 0 Å². The first kappa shape index (κ1) is 44.4. The van der Waals surface area contributed by atoms with Gasteiger partial charge in [0, 0.05) is 20.9 Å². The lowest BCUT2D eigenvalue weighted by Gasteiger charge is -2.16. The van der Waals surface area contributed by atoms with E-state index in [1.165, 1.54) is 115 Å². The molecule has 58 heavy (non-hydrogen) atoms. The number of thioether (sulfide) groups is 16. The highest BCUT2D eigenvalue weighted by Crippen LogP contribution is 2.60. The summed E-state index contributed by atoms with van der Waals surface area (Å²) in [6.07, 6.45) is 17.8. The Kier molecular flexibility index (Phi) is 14.8. The van der Waals surface area contributed by atoms with Crippen LogP contribution in [0.2, 0.25) is 0 Å². The van der Waals surface area contributed by atoms with Gasteiger partial charge in [-0.2, -0.15) is 0 Å². The Morgan fingerprint density at radius 2 is 0.431 bits per heavy atom. The minimum Gasteiger partial charge on any atom is -0.121 e. The predicted octanol–water partition coefficient (Wildman–Crippen LogP) is 15.9. The summed E-state index contributed by atoms with van der Waals surface area (Å²) in [6, 6.07) is 23.8. The molecular weight excluding hydrogens is 1020 g/mol. The molecule has 5 aromatic carbocycles. The van der Waals surface area contributed by atoms with E-state index >= 15 is 0 Å². The molecule has 0 nitrogen and oxygen atoms in total. The Morgan fingerprint density at radius 1 is 0.259 bits per heavy atom. The van der Waals surface area contributed by atoms with Gasteiger partial charge in [-0.05, 0) is 105 Å². The largest absolute Gasteiger partial charge is 0.121 e. The van der Waals surface area contributed by atoms with Gasteiger partial charge in [0.05, 0.1) is 50.8 Å². The fourth-order valence-corrected chi connectivity index (χ4v) is 27.7. The van der Waals surface area contributed by atoms with E-state index in [1.54, 1.807) is 0 Å². The van der Waals surface area contributed by atoms with Crippen molar-refractivity contribution in [1.82, 2.24) is 0 Å². The van der Waals surface area contributed by atoms with Crippen LogP contribution in [0, 0.1) is 0 Å². The van der Waals surface area contributed by atoms with Crippen LogP contribution >= 0.6 is 188 Å². The molecule has 298 valence electrons. The van der Waals surface area contributed by atoms with Crippen molar-refractivity contribution in [2.75, 3.05) is 50.0 Å². The molecule has 5 aromatic rings. The third-order valence-electron chi connectivity index (χ3n) is 9.62. The monoisotopic (exact) mass is 1050 g/mol. The van der Waals surface area contributed by atoms with Crippen molar-refractivity contribution in [1.29, 1.82) is 0 Å². The maximum Gasteiger partial charge on any atom is 0.0657 e. The zero-order valence-corrected chi connectivity index (χ0v) is 45.4. The van der Waals surface area contributed by atoms with Crippen LogP contribution in [0.25, 0.3) is 60.0 Å². The Balaban J connectivity index is 1.55. The Morgan fingerprint density at radius 3 is 0.586 bits per heavy atom. The highest BCUT2D eigenvalue weighted by molar-refractivity contribution is 8.47. The van der Waals surface area contributed by atoms with E-state index in [0.717, 1.165) is 0 Å². The Bertz CT molecular complexity index is 2520. The van der Waals surface area contributed by atoms with Gasteiger partial charge in [-0.1, -0.05) is 143 Å². The summed E-state index contributed by atoms with van der Waals surface area (Å²) in [6.45, 7) is 0. The molecule has 0 atom stereocenters. The first-order valence-corrected chi connectivity index (χ1v) is 33.8. The van der Waals surface area contributed by atoms with Crippen LogP contribution in [0.15, 0.2) is 94.6 Å². The molecule has 0 radical (unpaired) electrons. The zero-order chi connectivity index (χ0) is 40.2. The van der Waals surface area contributed by atoms with E-state index in [4.69, 9.17) is 0 Å². The lowest BCUT2D eigenvalue weighted by molar-refractivity contribution is 1.68. The highest BCUT2D eigenvalue weighted by Gasteiger charge is 2.29. The van der Waals surface area contributed by atoms with Gasteiger partial charge in [-0.15, -0.1) is 94.1 Å². The Hall–Kier alpha value is 1.18. The molecule has 0 aromatic heterocycles. The van der Waals surface area contributed by atoms with Gasteiger partial charge in [0.15, 0.2) is 0 Å². The molecule has 0 saturated carbocycles. The maximum atomic E-state index is 2.63. The molecule has 0 saturated heterocycles. The summed E-state index contributed by atoms with van der Waals surface area (Å²) < 4.78 is 16.8. The summed E-state index contributed by atoms with van der Waals surface area (Å²) in [5.41, 5.74) is 0. The van der Waals surface area contributed by atoms with Gasteiger partial charge >= 0.3 is 0 Å². The number of hydrogen-bond donors (Lipinski definition) is 0. The minimum absolute atomic E-state index is 1.34. The SMILES string of the molecule is CSC1=C(SC)SC(=c2c3ccccc3c(=C3SC(SC)=C(SC)S3)c3cc4c(=C5SC(SC)=C(SC)S5)c5ccccc5c(=C5SC(SC)=C(SC)S5)c4cc23)S1. The minimum atomic E-state index is 1.34. The van der Waals surface area contributed by atoms with Crippen molar-refractivity contribution < 1.29 is 0 Å². The quantitative estimate of drug-likeness (QED) is 0.135. The second kappa shape index (κ2) is 19.3. The molecule has 0 fully saturated rings. The van der Waals surface area contributed by atoms with Crippen LogP contribution < -0.4 is 20.9 Å². The fraction of sp³-hybridized carbons (Fsp3) is 0.190. The molecule has 0 bridgehead atoms. The van der Waals surface area contributed by atoms with E-state index in [0.29, 0.717) is 0 Å². The summed E-state index contributed by atoms with van der Waals surface area (Å²) in [7, 11) is 0. The normalized spacial score (nSPS) is 17.9. The average Bonchev–Trinajstić information content (AvgIpc) is 4.08. The summed E-state index contributed by atoms with van der Waals surface area (Å²) in [4.78, 5) is 0. The summed E-state index contributed by atoms with van der Waals surface area (Å²) >= 11 is 30.8. The number of fused-ring (bicyclic) bond motifs is 4. The maximum absolute atomic E-state index is 2.63. The third-order valence-corrected chi connectivity index (χ3v) is 30.5. The van der Waals surface area contributed by atoms with Gasteiger partial charge in [0.2, 0.25) is 0 Å². The van der Waals surface area contributed by atoms with Crippen LogP contribution in [-0.4, -0.2) is 50.0 Å². The van der Waals surface area contributed by atoms with Crippen molar-refractivity contribution in [2.24, 2.45) is 0 Å². The van der Waals surface area contributed by atoms with Crippen molar-refractivity contribution in [3.05, 3.63) is 115 Å². The second-order valence-electron chi connectivity index (χ2n) is 12.4. The van der Waals surface area contributed by atoms with Crippen LogP contribution in [0.4, 0.5) is 0 Å². The fourth-order valence-electron chi connectivity index (χ4n) is 7.22. The zero-order valence-electron chi connectivity index (χ0n) is 32.3. The standard InChI is InChI=1S/C42H34S16/c1-43-35-36(44-2)52-31(51-35)27-19-13-9-10-14-20(19)28(32-53-37(45-3)38(46-4)54-32)24-18-26-25(17-23(24)27)29(33-55-39(47-5)40(48-6)56-33)21-15-11-12-16-22(21)30(26)34-57-41(49-7)42(50-8)58-34/h9-18H,1-8H3. The van der Waals surface area contributed by atoms with E-state index in [-0.39, 0.29) is 0 Å². The van der Waals surface area contributed by atoms with Crippen molar-refractivity contribution >= 4 is 248 Å². The smallest absolute Gasteiger partial charge is 0.0657 e. The molecule has 0 aliphatic carbocycles. The molecular formula is C42H34S16. The topological polar surface area (TPSA) is 0 Å². The van der Waals surface area contributed by atoms with E-state index in [2.05, 4.69) is 111 Å². The molecule has 4 aliphatic rings. The Labute approximate surface area is 408 Å². The molecule has 0 spiro atoms. The molecule has 0 amide bonds. The predicted molar refractivity (Wildman–Crippen MR) is 306 cm³/mol. The number of benzene rings is 5. The third kappa shape index (κ3) is 7.90. The van der Waals surface area contributed by atoms with Crippen LogP contribution in [0.3, 0.4) is 0 Å². The lowest BCUT2D eigenvalue weighted by atomic mass is 9.92. The van der Waals surface area contributed by atoms with E-state index in [1.807, 2.05) is 188 Å². The lowest BCUT2D eigenvalue weighted by Crippen LogP contribution is -2.21. The first-order chi connectivity index (χ1) is 28.4. The first-order valence-electron chi connectivity index (χ1n) is 17.5. The number of hydrogen-bond acceptors (Lipinski definition) is 16. The van der Waals surface area contributed by atoms with Crippen molar-refractivity contribution in [3.8, 4) is 0 Å². The molecule has 9 rings (SSSR count). The van der Waals surface area contributed by atoms with Crippen molar-refractivity contribution in [2.45, 2.75) is 0 Å². The van der Waals surface area contributed by atoms with Crippen molar-refractivity contribution in [3.63, 3.8) is 0 Å². The van der Waals surface area contributed by atoms with Gasteiger partial charge < -0.3 is 0 Å². The van der Waals surface area contributed by atoms with Crippen LogP contribution in [-0.2, 0) is 0 Å². The second-order valence-corrected chi connectivity index (χ2v) is 30.2. The summed E-state index contributed by atoms with van der Waals surface area (Å²) in [5, 5.41) is 16.2. The van der Waals surface area contributed by atoms with Crippen LogP contribution in [0.1, 0.15) is 0 Å². The molecule has 0 N–H and O–H groups in total. The van der Waals surface area contributed by atoms with Gasteiger partial charge in [0.1, 0.15) is 0 Å². The molecule has 4 heterocycles. The van der Waals surface area contributed by atoms with E-state index < -0.39 is 0 Å². The molecule has 0 unspecified atom stereocenters. The number of rotatable bonds is 8. The van der Waals surface area contributed by atoms with Gasteiger partial charge in [0.25, 0.3) is 0 Å². The van der Waals surface area contributed by atoms with Crippen LogP contribution in [0.5, 0.6) is 0 Å². The highest BCUT2D eigenvalue weighted by atomic mass is 32.3. The molecule has 4 aliphatic heterocycles. The van der Waals surface area contributed by atoms with Gasteiger partial charge in [-0.25, -0.2) is 0 Å². The summed E-state index contributed by atoms with van der Waals surface area (Å²) in [5.74, 6) is 0. The van der Waals surface area contributed by atoms with Gasteiger partial charge in [-0.3, -0.25) is 0 Å².